The van der Waals surface area contributed by atoms with Gasteiger partial charge in [-0.3, -0.25) is 24.1 Å². The van der Waals surface area contributed by atoms with Crippen LogP contribution in [0.3, 0.4) is 0 Å². The van der Waals surface area contributed by atoms with Crippen molar-refractivity contribution in [2.45, 2.75) is 58.3 Å². The van der Waals surface area contributed by atoms with E-state index in [0.717, 1.165) is 38.5 Å². The van der Waals surface area contributed by atoms with Gasteiger partial charge >= 0.3 is 5.97 Å². The highest BCUT2D eigenvalue weighted by molar-refractivity contribution is 5.94. The molecule has 2 N–H and O–H groups in total. The molecule has 0 aromatic carbocycles. The van der Waals surface area contributed by atoms with Crippen molar-refractivity contribution < 1.29 is 24.3 Å². The van der Waals surface area contributed by atoms with Crippen LogP contribution in [0.15, 0.2) is 12.2 Å². The van der Waals surface area contributed by atoms with Gasteiger partial charge in [-0.2, -0.15) is 0 Å². The van der Waals surface area contributed by atoms with E-state index < -0.39 is 5.97 Å². The number of hydrogen-bond acceptors (Lipinski definition) is 4. The van der Waals surface area contributed by atoms with Crippen LogP contribution in [-0.2, 0) is 19.2 Å². The zero-order valence-electron chi connectivity index (χ0n) is 15.5. The maximum atomic E-state index is 12.2. The summed E-state index contributed by atoms with van der Waals surface area (Å²) in [4.78, 5) is 46.6. The minimum Gasteiger partial charge on any atom is -0.481 e. The van der Waals surface area contributed by atoms with Crippen LogP contribution >= 0.6 is 0 Å². The molecule has 146 valence electrons. The van der Waals surface area contributed by atoms with Crippen LogP contribution in [0.2, 0.25) is 0 Å². The average Bonchev–Trinajstić information content (AvgIpc) is 2.62. The second-order valence-electron chi connectivity index (χ2n) is 6.81. The third-order valence-corrected chi connectivity index (χ3v) is 4.76. The van der Waals surface area contributed by atoms with Gasteiger partial charge in [-0.05, 0) is 57.4 Å². The number of nitrogens with zero attached hydrogens (tertiary/aromatic N) is 1. The topological polar surface area (TPSA) is 104 Å². The average molecular weight is 366 g/mol. The van der Waals surface area contributed by atoms with Gasteiger partial charge in [-0.25, -0.2) is 0 Å². The number of aliphatic carboxylic acids is 1. The first-order chi connectivity index (χ1) is 12.5. The highest BCUT2D eigenvalue weighted by Crippen LogP contribution is 2.29. The van der Waals surface area contributed by atoms with Gasteiger partial charge < -0.3 is 10.4 Å². The van der Waals surface area contributed by atoms with Crippen LogP contribution in [-0.4, -0.2) is 47.3 Å². The Hall–Kier alpha value is -2.18. The molecule has 3 amide bonds. The molecule has 1 aliphatic carbocycles. The molecular formula is C19H30N2O5. The Morgan fingerprint density at radius 1 is 1.12 bits per heavy atom. The number of hydrogen-bond donors (Lipinski definition) is 2. The van der Waals surface area contributed by atoms with E-state index in [-0.39, 0.29) is 30.1 Å². The molecule has 0 spiro atoms. The smallest absolute Gasteiger partial charge is 0.303 e. The molecule has 1 fully saturated rings. The zero-order chi connectivity index (χ0) is 19.4. The molecule has 0 heterocycles. The number of carbonyl (C=O) groups is 4. The number of carboxylic acids is 1. The molecule has 0 unspecified atom stereocenters. The molecule has 0 aliphatic heterocycles. The lowest BCUT2D eigenvalue weighted by molar-refractivity contribution is -0.137. The van der Waals surface area contributed by atoms with Gasteiger partial charge in [-0.1, -0.05) is 12.5 Å². The standard InChI is InChI=1S/C19H30N2O5/c1-2-6-17(23)21(14-22)13-15-8-10-16(11-9-15)19(26)20-12-5-3-4-7-18(24)25/h2,6,14-16H,3-5,7-13H2,1H3,(H,20,26)(H,24,25)/b6-2-. The predicted molar refractivity (Wildman–Crippen MR) is 97.2 cm³/mol. The molecular weight excluding hydrogens is 336 g/mol. The molecule has 0 atom stereocenters. The molecule has 0 aromatic heterocycles. The highest BCUT2D eigenvalue weighted by Gasteiger charge is 2.27. The number of nitrogens with one attached hydrogen (secondary N) is 1. The van der Waals surface area contributed by atoms with Crippen molar-refractivity contribution in [1.29, 1.82) is 0 Å². The lowest BCUT2D eigenvalue weighted by Gasteiger charge is -2.29. The van der Waals surface area contributed by atoms with Crippen molar-refractivity contribution in [3.05, 3.63) is 12.2 Å². The maximum Gasteiger partial charge on any atom is 0.303 e. The lowest BCUT2D eigenvalue weighted by Crippen LogP contribution is -2.37. The van der Waals surface area contributed by atoms with Gasteiger partial charge in [0.15, 0.2) is 0 Å². The van der Waals surface area contributed by atoms with E-state index in [2.05, 4.69) is 5.32 Å². The number of carboxylic acid groups (broad SMARTS) is 1. The number of rotatable bonds is 11. The van der Waals surface area contributed by atoms with E-state index in [1.165, 1.54) is 11.0 Å². The molecule has 0 radical (unpaired) electrons. The number of allylic oxidation sites excluding steroid dienone is 1. The van der Waals surface area contributed by atoms with Crippen LogP contribution in [0.4, 0.5) is 0 Å². The van der Waals surface area contributed by atoms with Crippen LogP contribution in [0, 0.1) is 11.8 Å². The van der Waals surface area contributed by atoms with Crippen LogP contribution in [0.5, 0.6) is 0 Å². The second kappa shape index (κ2) is 12.2. The first kappa shape index (κ1) is 21.9. The Labute approximate surface area is 154 Å². The molecule has 1 aliphatic rings. The lowest BCUT2D eigenvalue weighted by atomic mass is 9.81. The summed E-state index contributed by atoms with van der Waals surface area (Å²) in [5.41, 5.74) is 0. The third-order valence-electron chi connectivity index (χ3n) is 4.76. The summed E-state index contributed by atoms with van der Waals surface area (Å²) in [5, 5.41) is 11.5. The molecule has 1 saturated carbocycles. The fraction of sp³-hybridized carbons (Fsp3) is 0.684. The van der Waals surface area contributed by atoms with E-state index in [1.54, 1.807) is 13.0 Å². The summed E-state index contributed by atoms with van der Waals surface area (Å²) >= 11 is 0. The number of amides is 3. The minimum atomic E-state index is -0.786. The van der Waals surface area contributed by atoms with Gasteiger partial charge in [-0.15, -0.1) is 0 Å². The van der Waals surface area contributed by atoms with Gasteiger partial charge in [0.25, 0.3) is 5.91 Å². The summed E-state index contributed by atoms with van der Waals surface area (Å²) in [7, 11) is 0. The van der Waals surface area contributed by atoms with Gasteiger partial charge in [0, 0.05) is 25.4 Å². The minimum absolute atomic E-state index is 0.0128. The molecule has 7 heteroatoms. The van der Waals surface area contributed by atoms with E-state index in [1.807, 2.05) is 0 Å². The quantitative estimate of drug-likeness (QED) is 0.331. The first-order valence-electron chi connectivity index (χ1n) is 9.36. The normalized spacial score (nSPS) is 19.9. The van der Waals surface area contributed by atoms with Gasteiger partial charge in [0.1, 0.15) is 0 Å². The molecule has 0 aromatic rings. The Kier molecular flexibility index (Phi) is 10.3. The summed E-state index contributed by atoms with van der Waals surface area (Å²) < 4.78 is 0. The fourth-order valence-corrected chi connectivity index (χ4v) is 3.24. The summed E-state index contributed by atoms with van der Waals surface area (Å²) in [6, 6.07) is 0. The van der Waals surface area contributed by atoms with Crippen molar-refractivity contribution in [3.8, 4) is 0 Å². The zero-order valence-corrected chi connectivity index (χ0v) is 15.5. The highest BCUT2D eigenvalue weighted by atomic mass is 16.4. The van der Waals surface area contributed by atoms with Crippen molar-refractivity contribution >= 4 is 24.2 Å². The first-order valence-corrected chi connectivity index (χ1v) is 9.36. The molecule has 1 rings (SSSR count). The van der Waals surface area contributed by atoms with E-state index in [4.69, 9.17) is 5.11 Å². The Morgan fingerprint density at radius 3 is 2.38 bits per heavy atom. The Morgan fingerprint density at radius 2 is 1.81 bits per heavy atom. The molecule has 0 bridgehead atoms. The van der Waals surface area contributed by atoms with Crippen molar-refractivity contribution in [3.63, 3.8) is 0 Å². The number of unbranched alkanes of at least 4 members (excludes halogenated alkanes) is 2. The largest absolute Gasteiger partial charge is 0.481 e. The summed E-state index contributed by atoms with van der Waals surface area (Å²) in [5.74, 6) is -0.800. The predicted octanol–water partition coefficient (Wildman–Crippen LogP) is 2.12. The van der Waals surface area contributed by atoms with Crippen LogP contribution in [0.25, 0.3) is 0 Å². The molecule has 0 saturated heterocycles. The van der Waals surface area contributed by atoms with Crippen molar-refractivity contribution in [2.24, 2.45) is 11.8 Å². The van der Waals surface area contributed by atoms with E-state index in [9.17, 15) is 19.2 Å². The monoisotopic (exact) mass is 366 g/mol. The molecule has 26 heavy (non-hydrogen) atoms. The second-order valence-corrected chi connectivity index (χ2v) is 6.81. The van der Waals surface area contributed by atoms with E-state index in [0.29, 0.717) is 25.9 Å². The van der Waals surface area contributed by atoms with Crippen LogP contribution < -0.4 is 5.32 Å². The van der Waals surface area contributed by atoms with Crippen LogP contribution in [0.1, 0.15) is 58.3 Å². The number of carbonyl (C=O) groups excluding carboxylic acids is 3. The molecule has 7 nitrogen and oxygen atoms in total. The number of imide groups is 1. The Balaban J connectivity index is 2.23. The van der Waals surface area contributed by atoms with E-state index >= 15 is 0 Å². The van der Waals surface area contributed by atoms with Gasteiger partial charge in [0.05, 0.1) is 0 Å². The van der Waals surface area contributed by atoms with Crippen molar-refractivity contribution in [1.82, 2.24) is 10.2 Å². The fourth-order valence-electron chi connectivity index (χ4n) is 3.24. The summed E-state index contributed by atoms with van der Waals surface area (Å²) in [6.07, 6.45) is 9.13. The summed E-state index contributed by atoms with van der Waals surface area (Å²) in [6.45, 7) is 2.72. The maximum absolute atomic E-state index is 12.2. The third kappa shape index (κ3) is 8.27. The SMILES string of the molecule is C/C=C\C(=O)N(C=O)CC1CCC(C(=O)NCCCCCC(=O)O)CC1. The van der Waals surface area contributed by atoms with Crippen molar-refractivity contribution in [2.75, 3.05) is 13.1 Å². The van der Waals surface area contributed by atoms with Gasteiger partial charge in [0.2, 0.25) is 12.3 Å². The Bertz CT molecular complexity index is 510.